The maximum atomic E-state index is 11.6. The molecule has 0 aromatic heterocycles. The second-order valence-corrected chi connectivity index (χ2v) is 5.76. The monoisotopic (exact) mass is 340 g/mol. The molecule has 0 saturated carbocycles. The van der Waals surface area contributed by atoms with E-state index in [4.69, 9.17) is 0 Å². The minimum atomic E-state index is -0.930. The smallest absolute Gasteiger partial charge is 0.337 e. The number of amides is 1. The largest absolute Gasteiger partial charge is 0.478 e. The highest BCUT2D eigenvalue weighted by atomic mass is 79.9. The molecular formula is C14H17BrN2O3. The molecule has 1 aromatic rings. The number of halogens is 1. The topological polar surface area (TPSA) is 69.6 Å². The lowest BCUT2D eigenvalue weighted by Gasteiger charge is -2.33. The van der Waals surface area contributed by atoms with Crippen molar-refractivity contribution in [2.75, 3.05) is 25.0 Å². The van der Waals surface area contributed by atoms with Gasteiger partial charge in [-0.05, 0) is 31.0 Å². The normalized spacial score (nSPS) is 16.0. The molecule has 0 spiro atoms. The van der Waals surface area contributed by atoms with Crippen LogP contribution in [0, 0.1) is 5.92 Å². The molecule has 1 amide bonds. The fraction of sp³-hybridized carbons (Fsp3) is 0.429. The van der Waals surface area contributed by atoms with Crippen LogP contribution in [0.1, 0.15) is 23.2 Å². The van der Waals surface area contributed by atoms with Gasteiger partial charge in [0, 0.05) is 30.5 Å². The number of nitrogens with zero attached hydrogens (tertiary/aromatic N) is 1. The Balaban J connectivity index is 2.16. The summed E-state index contributed by atoms with van der Waals surface area (Å²) in [6.07, 6.45) is 1.48. The lowest BCUT2D eigenvalue weighted by atomic mass is 9.95. The second-order valence-electron chi connectivity index (χ2n) is 4.84. The Kier molecular flexibility index (Phi) is 4.65. The van der Waals surface area contributed by atoms with Gasteiger partial charge in [0.1, 0.15) is 0 Å². The van der Waals surface area contributed by atoms with Crippen LogP contribution in [0.25, 0.3) is 0 Å². The van der Waals surface area contributed by atoms with Crippen molar-refractivity contribution < 1.29 is 14.7 Å². The van der Waals surface area contributed by atoms with Gasteiger partial charge in [-0.25, -0.2) is 4.79 Å². The molecule has 0 atom stereocenters. The molecule has 20 heavy (non-hydrogen) atoms. The fourth-order valence-corrected chi connectivity index (χ4v) is 2.88. The van der Waals surface area contributed by atoms with E-state index in [0.717, 1.165) is 17.3 Å². The third-order valence-corrected chi connectivity index (χ3v) is 4.14. The maximum Gasteiger partial charge on any atom is 0.337 e. The number of benzene rings is 1. The van der Waals surface area contributed by atoms with Crippen LogP contribution in [-0.2, 0) is 4.79 Å². The predicted octanol–water partition coefficient (Wildman–Crippen LogP) is 2.11. The summed E-state index contributed by atoms with van der Waals surface area (Å²) in [7, 11) is 1.64. The number of carbonyl (C=O) groups excluding carboxylic acids is 1. The summed E-state index contributed by atoms with van der Waals surface area (Å²) in [6, 6.07) is 5.15. The summed E-state index contributed by atoms with van der Waals surface area (Å²) in [5.41, 5.74) is 1.01. The van der Waals surface area contributed by atoms with Gasteiger partial charge in [-0.2, -0.15) is 0 Å². The number of rotatable bonds is 3. The third-order valence-electron chi connectivity index (χ3n) is 3.64. The molecule has 1 aromatic carbocycles. The zero-order chi connectivity index (χ0) is 14.7. The van der Waals surface area contributed by atoms with Crippen LogP contribution in [-0.4, -0.2) is 37.1 Å². The number of aromatic carboxylic acids is 1. The molecular weight excluding hydrogens is 324 g/mol. The van der Waals surface area contributed by atoms with Crippen LogP contribution in [0.4, 0.5) is 5.69 Å². The average Bonchev–Trinajstić information content (AvgIpc) is 2.46. The number of piperidine rings is 1. The molecule has 2 N–H and O–H groups in total. The number of carboxylic acids is 1. The maximum absolute atomic E-state index is 11.6. The minimum Gasteiger partial charge on any atom is -0.478 e. The van der Waals surface area contributed by atoms with Crippen molar-refractivity contribution in [1.82, 2.24) is 5.32 Å². The van der Waals surface area contributed by atoms with Crippen LogP contribution in [0.15, 0.2) is 22.7 Å². The summed E-state index contributed by atoms with van der Waals surface area (Å²) in [5.74, 6) is -0.838. The Hall–Kier alpha value is -1.56. The van der Waals surface area contributed by atoms with Crippen molar-refractivity contribution in [3.63, 3.8) is 0 Å². The van der Waals surface area contributed by atoms with E-state index in [1.165, 1.54) is 0 Å². The number of anilines is 1. The van der Waals surface area contributed by atoms with Gasteiger partial charge in [0.2, 0.25) is 5.91 Å². The van der Waals surface area contributed by atoms with Gasteiger partial charge in [-0.15, -0.1) is 0 Å². The summed E-state index contributed by atoms with van der Waals surface area (Å²) >= 11 is 3.37. The molecule has 1 heterocycles. The molecule has 2 rings (SSSR count). The van der Waals surface area contributed by atoms with E-state index in [-0.39, 0.29) is 11.8 Å². The van der Waals surface area contributed by atoms with E-state index in [1.54, 1.807) is 19.2 Å². The molecule has 0 bridgehead atoms. The van der Waals surface area contributed by atoms with Crippen LogP contribution in [0.2, 0.25) is 0 Å². The molecule has 1 saturated heterocycles. The Labute approximate surface area is 126 Å². The van der Waals surface area contributed by atoms with E-state index < -0.39 is 5.97 Å². The summed E-state index contributed by atoms with van der Waals surface area (Å²) in [5, 5.41) is 11.9. The predicted molar refractivity (Wildman–Crippen MR) is 80.1 cm³/mol. The number of hydrogen-bond acceptors (Lipinski definition) is 3. The molecule has 0 radical (unpaired) electrons. The van der Waals surface area contributed by atoms with Crippen molar-refractivity contribution in [3.8, 4) is 0 Å². The number of nitrogens with one attached hydrogen (secondary N) is 1. The van der Waals surface area contributed by atoms with Crippen molar-refractivity contribution >= 4 is 33.5 Å². The van der Waals surface area contributed by atoms with E-state index in [0.29, 0.717) is 24.3 Å². The Bertz CT molecular complexity index is 525. The number of carbonyl (C=O) groups is 2. The standard InChI is InChI=1S/C14H17BrN2O3/c1-16-13(18)9-4-6-17(7-5-9)12-8-10(15)2-3-11(12)14(19)20/h2-3,8-9H,4-7H2,1H3,(H,16,18)(H,19,20). The van der Waals surface area contributed by atoms with Crippen molar-refractivity contribution in [2.24, 2.45) is 5.92 Å². The van der Waals surface area contributed by atoms with Gasteiger partial charge in [0.15, 0.2) is 0 Å². The van der Waals surface area contributed by atoms with Gasteiger partial charge in [-0.1, -0.05) is 15.9 Å². The van der Waals surface area contributed by atoms with Gasteiger partial charge in [-0.3, -0.25) is 4.79 Å². The molecule has 1 aliphatic heterocycles. The van der Waals surface area contributed by atoms with Crippen LogP contribution >= 0.6 is 15.9 Å². The third kappa shape index (κ3) is 3.12. The van der Waals surface area contributed by atoms with Gasteiger partial charge >= 0.3 is 5.97 Å². The van der Waals surface area contributed by atoms with Crippen LogP contribution in [0.5, 0.6) is 0 Å². The molecule has 6 heteroatoms. The molecule has 1 fully saturated rings. The SMILES string of the molecule is CNC(=O)C1CCN(c2cc(Br)ccc2C(=O)O)CC1. The first-order valence-corrected chi connectivity index (χ1v) is 7.31. The van der Waals surface area contributed by atoms with Crippen molar-refractivity contribution in [2.45, 2.75) is 12.8 Å². The van der Waals surface area contributed by atoms with Crippen LogP contribution < -0.4 is 10.2 Å². The molecule has 5 nitrogen and oxygen atoms in total. The van der Waals surface area contributed by atoms with Crippen LogP contribution in [0.3, 0.4) is 0 Å². The highest BCUT2D eigenvalue weighted by Gasteiger charge is 2.26. The lowest BCUT2D eigenvalue weighted by Crippen LogP contribution is -2.40. The lowest BCUT2D eigenvalue weighted by molar-refractivity contribution is -0.125. The highest BCUT2D eigenvalue weighted by molar-refractivity contribution is 9.10. The van der Waals surface area contributed by atoms with Gasteiger partial charge in [0.05, 0.1) is 11.3 Å². The summed E-state index contributed by atoms with van der Waals surface area (Å²) < 4.78 is 0.853. The molecule has 0 unspecified atom stereocenters. The van der Waals surface area contributed by atoms with Crippen molar-refractivity contribution in [3.05, 3.63) is 28.2 Å². The molecule has 1 aliphatic rings. The van der Waals surface area contributed by atoms with Crippen molar-refractivity contribution in [1.29, 1.82) is 0 Å². The van der Waals surface area contributed by atoms with Gasteiger partial charge < -0.3 is 15.3 Å². The molecule has 0 aliphatic carbocycles. The van der Waals surface area contributed by atoms with Gasteiger partial charge in [0.25, 0.3) is 0 Å². The second kappa shape index (κ2) is 6.26. The fourth-order valence-electron chi connectivity index (χ4n) is 2.53. The summed E-state index contributed by atoms with van der Waals surface area (Å²) in [4.78, 5) is 24.9. The first-order valence-electron chi connectivity index (χ1n) is 6.52. The Morgan fingerprint density at radius 3 is 2.55 bits per heavy atom. The Morgan fingerprint density at radius 2 is 2.00 bits per heavy atom. The van der Waals surface area contributed by atoms with E-state index in [1.807, 2.05) is 11.0 Å². The number of carboxylic acid groups (broad SMARTS) is 1. The zero-order valence-corrected chi connectivity index (χ0v) is 12.8. The first-order chi connectivity index (χ1) is 9.52. The highest BCUT2D eigenvalue weighted by Crippen LogP contribution is 2.29. The average molecular weight is 341 g/mol. The zero-order valence-electron chi connectivity index (χ0n) is 11.2. The van der Waals surface area contributed by atoms with E-state index in [9.17, 15) is 14.7 Å². The van der Waals surface area contributed by atoms with E-state index in [2.05, 4.69) is 21.2 Å². The van der Waals surface area contributed by atoms with E-state index >= 15 is 0 Å². The molecule has 108 valence electrons. The summed E-state index contributed by atoms with van der Waals surface area (Å²) in [6.45, 7) is 1.38. The first kappa shape index (κ1) is 14.8. The quantitative estimate of drug-likeness (QED) is 0.884. The Morgan fingerprint density at radius 1 is 1.35 bits per heavy atom. The number of hydrogen-bond donors (Lipinski definition) is 2. The minimum absolute atomic E-state index is 0.0247.